The average molecular weight is 379 g/mol. The van der Waals surface area contributed by atoms with Crippen LogP contribution in [-0.4, -0.2) is 57.0 Å². The molecule has 6 atom stereocenters. The molecule has 152 valence electrons. The minimum atomic E-state index is 0.0829. The highest BCUT2D eigenvalue weighted by Crippen LogP contribution is 2.62. The van der Waals surface area contributed by atoms with Gasteiger partial charge in [-0.3, -0.25) is 4.79 Å². The zero-order valence-corrected chi connectivity index (χ0v) is 17.0. The van der Waals surface area contributed by atoms with E-state index in [9.17, 15) is 4.79 Å². The van der Waals surface area contributed by atoms with E-state index in [1.54, 1.807) is 4.90 Å². The first kappa shape index (κ1) is 18.4. The molecule has 5 heteroatoms. The first-order chi connectivity index (χ1) is 13.1. The highest BCUT2D eigenvalue weighted by molar-refractivity contribution is 5.75. The zero-order valence-electron chi connectivity index (χ0n) is 17.0. The number of rotatable bonds is 5. The van der Waals surface area contributed by atoms with Gasteiger partial charge in [-0.25, -0.2) is 0 Å². The highest BCUT2D eigenvalue weighted by Gasteiger charge is 2.65. The van der Waals surface area contributed by atoms with E-state index in [1.807, 2.05) is 0 Å². The molecule has 3 saturated heterocycles. The molecule has 0 aromatic rings. The van der Waals surface area contributed by atoms with Crippen LogP contribution in [0.15, 0.2) is 0 Å². The molecule has 0 bridgehead atoms. The molecule has 1 spiro atoms. The lowest BCUT2D eigenvalue weighted by Crippen LogP contribution is -3.15. The summed E-state index contributed by atoms with van der Waals surface area (Å²) in [6.45, 7) is 9.38. The fourth-order valence-electron chi connectivity index (χ4n) is 7.13. The highest BCUT2D eigenvalue weighted by atomic mass is 16.6. The first-order valence-corrected chi connectivity index (χ1v) is 11.6. The van der Waals surface area contributed by atoms with Crippen LogP contribution < -0.4 is 10.2 Å². The second-order valence-corrected chi connectivity index (χ2v) is 10.5. The van der Waals surface area contributed by atoms with Crippen molar-refractivity contribution in [2.45, 2.75) is 70.0 Å². The van der Waals surface area contributed by atoms with E-state index >= 15 is 0 Å². The van der Waals surface area contributed by atoms with Crippen molar-refractivity contribution in [3.8, 4) is 0 Å². The summed E-state index contributed by atoms with van der Waals surface area (Å²) in [7, 11) is 0. The molecular weight excluding hydrogens is 340 g/mol. The van der Waals surface area contributed by atoms with Crippen LogP contribution >= 0.6 is 0 Å². The van der Waals surface area contributed by atoms with E-state index in [-0.39, 0.29) is 23.6 Å². The molecule has 0 aromatic heterocycles. The van der Waals surface area contributed by atoms with Crippen LogP contribution in [0.4, 0.5) is 0 Å². The number of hydrogen-bond donors (Lipinski definition) is 2. The van der Waals surface area contributed by atoms with Crippen molar-refractivity contribution in [3.05, 3.63) is 0 Å². The second kappa shape index (κ2) is 7.00. The Hall–Kier alpha value is -0.650. The molecule has 5 fully saturated rings. The molecule has 0 aromatic carbocycles. The minimum Gasteiger partial charge on any atom is -0.462 e. The molecular formula is C22H38N2O3+2. The molecule has 3 aliphatic heterocycles. The quantitative estimate of drug-likeness (QED) is 0.407. The summed E-state index contributed by atoms with van der Waals surface area (Å²) < 4.78 is 11.9. The number of nitrogens with one attached hydrogen (secondary N) is 1. The van der Waals surface area contributed by atoms with E-state index < -0.39 is 0 Å². The van der Waals surface area contributed by atoms with Crippen molar-refractivity contribution in [3.63, 3.8) is 0 Å². The number of esters is 1. The second-order valence-electron chi connectivity index (χ2n) is 10.5. The summed E-state index contributed by atoms with van der Waals surface area (Å²) >= 11 is 0. The number of nitrogens with two attached hydrogens (primary N) is 1. The van der Waals surface area contributed by atoms with Gasteiger partial charge in [0.05, 0.1) is 31.8 Å². The van der Waals surface area contributed by atoms with Gasteiger partial charge >= 0.3 is 5.97 Å². The van der Waals surface area contributed by atoms with Crippen LogP contribution in [0.5, 0.6) is 0 Å². The predicted octanol–water partition coefficient (Wildman–Crippen LogP) is 0.146. The summed E-state index contributed by atoms with van der Waals surface area (Å²) in [6.07, 6.45) is 10.3. The Morgan fingerprint density at radius 1 is 1.19 bits per heavy atom. The fraction of sp³-hybridized carbons (Fsp3) is 0.955. The Morgan fingerprint density at radius 2 is 2.00 bits per heavy atom. The Labute approximate surface area is 163 Å². The topological polar surface area (TPSA) is 59.9 Å². The zero-order chi connectivity index (χ0) is 18.5. The lowest BCUT2D eigenvalue weighted by atomic mass is 9.53. The third-order valence-corrected chi connectivity index (χ3v) is 8.76. The number of epoxide rings is 1. The fourth-order valence-corrected chi connectivity index (χ4v) is 7.13. The van der Waals surface area contributed by atoms with Gasteiger partial charge in [-0.15, -0.1) is 0 Å². The van der Waals surface area contributed by atoms with Crippen LogP contribution in [0.1, 0.15) is 58.3 Å². The largest absolute Gasteiger partial charge is 0.462 e. The van der Waals surface area contributed by atoms with Crippen LogP contribution in [0, 0.1) is 23.2 Å². The van der Waals surface area contributed by atoms with E-state index in [1.165, 1.54) is 58.2 Å². The smallest absolute Gasteiger partial charge is 0.315 e. The Morgan fingerprint density at radius 3 is 2.78 bits per heavy atom. The molecule has 0 amide bonds. The lowest BCUT2D eigenvalue weighted by Gasteiger charge is -2.51. The van der Waals surface area contributed by atoms with E-state index in [4.69, 9.17) is 9.47 Å². The molecule has 2 aliphatic carbocycles. The molecule has 5 aliphatic rings. The number of likely N-dealkylation sites (tertiary alicyclic amines) is 1. The Balaban J connectivity index is 1.18. The Bertz CT molecular complexity index is 572. The number of ether oxygens (including phenoxy) is 2. The van der Waals surface area contributed by atoms with Crippen molar-refractivity contribution in [2.24, 2.45) is 23.2 Å². The van der Waals surface area contributed by atoms with Gasteiger partial charge < -0.3 is 19.7 Å². The summed E-state index contributed by atoms with van der Waals surface area (Å²) in [5.74, 6) is 1.25. The van der Waals surface area contributed by atoms with Gasteiger partial charge in [0.15, 0.2) is 0 Å². The SMILES string of the molecule is C[C@]12CCC[C@]3(CO3)[C@@H]1C[C@H]1[C@@H](C2)OC(=O)[C@@H]1C[NH2+]CC[NH+]1CCCCC1. The molecule has 0 radical (unpaired) electrons. The van der Waals surface area contributed by atoms with E-state index in [0.717, 1.165) is 32.5 Å². The van der Waals surface area contributed by atoms with Crippen molar-refractivity contribution in [1.82, 2.24) is 0 Å². The van der Waals surface area contributed by atoms with Crippen LogP contribution in [0.2, 0.25) is 0 Å². The first-order valence-electron chi connectivity index (χ1n) is 11.6. The molecule has 0 unspecified atom stereocenters. The van der Waals surface area contributed by atoms with Gasteiger partial charge in [-0.1, -0.05) is 6.92 Å². The maximum absolute atomic E-state index is 12.6. The monoisotopic (exact) mass is 378 g/mol. The molecule has 27 heavy (non-hydrogen) atoms. The number of hydrogen-bond acceptors (Lipinski definition) is 3. The standard InChI is InChI=1S/C22H36N2O3/c1-21-6-5-7-22(15-26-22)19(21)12-16-17(20(25)27-18(16)13-21)14-23-8-11-24-9-3-2-4-10-24/h16-19,23H,2-15H2,1H3/p+2/t16-,17-,18-,19-,21-,22+/m1/s1. The van der Waals surface area contributed by atoms with Crippen molar-refractivity contribution in [2.75, 3.05) is 39.3 Å². The maximum atomic E-state index is 12.6. The predicted molar refractivity (Wildman–Crippen MR) is 101 cm³/mol. The van der Waals surface area contributed by atoms with Crippen molar-refractivity contribution >= 4 is 5.97 Å². The Kier molecular flexibility index (Phi) is 4.76. The molecule has 5 nitrogen and oxygen atoms in total. The van der Waals surface area contributed by atoms with Crippen LogP contribution in [0.3, 0.4) is 0 Å². The van der Waals surface area contributed by atoms with Crippen LogP contribution in [0.25, 0.3) is 0 Å². The van der Waals surface area contributed by atoms with Gasteiger partial charge in [0.1, 0.15) is 25.1 Å². The lowest BCUT2D eigenvalue weighted by molar-refractivity contribution is -0.917. The summed E-state index contributed by atoms with van der Waals surface area (Å²) in [5, 5.41) is 2.40. The average Bonchev–Trinajstić information content (AvgIpc) is 3.36. The molecule has 3 N–H and O–H groups in total. The number of fused-ring (bicyclic) bond motifs is 3. The van der Waals surface area contributed by atoms with Gasteiger partial charge in [0.25, 0.3) is 0 Å². The van der Waals surface area contributed by atoms with E-state index in [0.29, 0.717) is 17.3 Å². The number of carbonyl (C=O) groups excluding carboxylic acids is 1. The maximum Gasteiger partial charge on any atom is 0.315 e. The van der Waals surface area contributed by atoms with Crippen molar-refractivity contribution in [1.29, 1.82) is 0 Å². The normalized spacial score (nSPS) is 46.8. The van der Waals surface area contributed by atoms with Crippen LogP contribution in [-0.2, 0) is 14.3 Å². The number of piperidine rings is 1. The van der Waals surface area contributed by atoms with Gasteiger partial charge in [-0.2, -0.15) is 0 Å². The number of carbonyl (C=O) groups is 1. The minimum absolute atomic E-state index is 0.0829. The number of quaternary nitrogens is 2. The van der Waals surface area contributed by atoms with Gasteiger partial charge in [0, 0.05) is 5.92 Å². The molecule has 5 rings (SSSR count). The third-order valence-electron chi connectivity index (χ3n) is 8.76. The van der Waals surface area contributed by atoms with Crippen molar-refractivity contribution < 1.29 is 24.5 Å². The van der Waals surface area contributed by atoms with E-state index in [2.05, 4.69) is 12.2 Å². The van der Waals surface area contributed by atoms with Gasteiger partial charge in [0.2, 0.25) is 0 Å². The summed E-state index contributed by atoms with van der Waals surface area (Å²) in [6, 6.07) is 0. The molecule has 3 heterocycles. The summed E-state index contributed by atoms with van der Waals surface area (Å²) in [5.41, 5.74) is 0.474. The molecule has 2 saturated carbocycles. The van der Waals surface area contributed by atoms with Gasteiger partial charge in [-0.05, 0) is 62.7 Å². The third kappa shape index (κ3) is 3.34. The summed E-state index contributed by atoms with van der Waals surface area (Å²) in [4.78, 5) is 14.4.